The molecule has 0 aliphatic carbocycles. The Morgan fingerprint density at radius 1 is 0.947 bits per heavy atom. The molecule has 0 N–H and O–H groups in total. The van der Waals surface area contributed by atoms with Crippen molar-refractivity contribution in [2.24, 2.45) is 0 Å². The molecule has 2 aromatic rings. The van der Waals surface area contributed by atoms with Crippen LogP contribution in [0.5, 0.6) is 0 Å². The van der Waals surface area contributed by atoms with Gasteiger partial charge in [0.15, 0.2) is 0 Å². The van der Waals surface area contributed by atoms with Gasteiger partial charge >= 0.3 is 0 Å². The second kappa shape index (κ2) is 5.71. The van der Waals surface area contributed by atoms with E-state index in [9.17, 15) is 0 Å². The fourth-order valence-electron chi connectivity index (χ4n) is 2.08. The Bertz CT molecular complexity index is 613. The molecule has 2 rings (SSSR count). The molecule has 0 heterocycles. The summed E-state index contributed by atoms with van der Waals surface area (Å²) in [6, 6.07) is 15.0. The number of allylic oxidation sites excluding steroid dienone is 1. The highest BCUT2D eigenvalue weighted by Crippen LogP contribution is 2.16. The van der Waals surface area contributed by atoms with E-state index in [1.807, 2.05) is 6.92 Å². The van der Waals surface area contributed by atoms with E-state index in [0.717, 1.165) is 5.57 Å². The lowest BCUT2D eigenvalue weighted by molar-refractivity contribution is 1.37. The monoisotopic (exact) mass is 248 g/mol. The third kappa shape index (κ3) is 3.45. The molecule has 0 aliphatic rings. The van der Waals surface area contributed by atoms with Crippen LogP contribution >= 0.6 is 0 Å². The van der Waals surface area contributed by atoms with Crippen LogP contribution in [0.4, 0.5) is 0 Å². The van der Waals surface area contributed by atoms with Crippen LogP contribution in [0.3, 0.4) is 0 Å². The highest BCUT2D eigenvalue weighted by Gasteiger charge is 1.95. The average molecular weight is 248 g/mol. The van der Waals surface area contributed by atoms with Crippen molar-refractivity contribution in [2.45, 2.75) is 20.8 Å². The first-order valence-corrected chi connectivity index (χ1v) is 6.57. The topological polar surface area (TPSA) is 0 Å². The molecule has 0 nitrogen and oxygen atoms in total. The number of aryl methyl sites for hydroxylation is 2. The molecule has 0 amide bonds. The van der Waals surface area contributed by atoms with Gasteiger partial charge in [0.25, 0.3) is 0 Å². The van der Waals surface area contributed by atoms with Gasteiger partial charge in [-0.25, -0.2) is 0 Å². The molecule has 0 bridgehead atoms. The maximum atomic E-state index is 3.95. The second-order valence-corrected chi connectivity index (χ2v) is 5.10. The summed E-state index contributed by atoms with van der Waals surface area (Å²) in [5.74, 6) is 0. The Morgan fingerprint density at radius 3 is 2.21 bits per heavy atom. The molecule has 0 radical (unpaired) electrons. The van der Waals surface area contributed by atoms with Crippen LogP contribution in [0.1, 0.15) is 34.7 Å². The van der Waals surface area contributed by atoms with E-state index < -0.39 is 0 Å². The van der Waals surface area contributed by atoms with Crippen LogP contribution in [-0.2, 0) is 0 Å². The minimum Gasteiger partial charge on any atom is -0.0955 e. The first-order chi connectivity index (χ1) is 9.06. The highest BCUT2D eigenvalue weighted by molar-refractivity contribution is 5.72. The third-order valence-corrected chi connectivity index (χ3v) is 3.28. The molecule has 2 aromatic carbocycles. The molecule has 19 heavy (non-hydrogen) atoms. The van der Waals surface area contributed by atoms with Gasteiger partial charge in [0, 0.05) is 0 Å². The van der Waals surface area contributed by atoms with Crippen molar-refractivity contribution in [1.82, 2.24) is 0 Å². The van der Waals surface area contributed by atoms with Gasteiger partial charge in [-0.1, -0.05) is 72.3 Å². The van der Waals surface area contributed by atoms with Crippen LogP contribution in [0, 0.1) is 13.8 Å². The Kier molecular flexibility index (Phi) is 4.01. The van der Waals surface area contributed by atoms with Crippen molar-refractivity contribution in [1.29, 1.82) is 0 Å². The Labute approximate surface area is 116 Å². The minimum atomic E-state index is 1.10. The largest absolute Gasteiger partial charge is 0.0955 e. The molecule has 0 unspecified atom stereocenters. The molecule has 0 fully saturated rings. The molecule has 96 valence electrons. The van der Waals surface area contributed by atoms with Gasteiger partial charge < -0.3 is 0 Å². The standard InChI is InChI=1S/C19H20/c1-14(2)18-10-6-17(7-11-18)8-12-19-9-5-15(3)13-16(19)4/h5-13H,1H2,2-4H3/b12-8+. The average Bonchev–Trinajstić information content (AvgIpc) is 2.38. The van der Waals surface area contributed by atoms with E-state index in [2.05, 4.69) is 75.0 Å². The second-order valence-electron chi connectivity index (χ2n) is 5.10. The van der Waals surface area contributed by atoms with Gasteiger partial charge in [-0.05, 0) is 43.0 Å². The summed E-state index contributed by atoms with van der Waals surface area (Å²) in [4.78, 5) is 0. The van der Waals surface area contributed by atoms with Crippen LogP contribution < -0.4 is 0 Å². The van der Waals surface area contributed by atoms with Gasteiger partial charge in [-0.2, -0.15) is 0 Å². The number of hydrogen-bond acceptors (Lipinski definition) is 0. The van der Waals surface area contributed by atoms with Crippen molar-refractivity contribution in [2.75, 3.05) is 0 Å². The zero-order valence-electron chi connectivity index (χ0n) is 11.9. The highest BCUT2D eigenvalue weighted by atomic mass is 14.0. The van der Waals surface area contributed by atoms with E-state index in [-0.39, 0.29) is 0 Å². The van der Waals surface area contributed by atoms with Crippen LogP contribution in [0.15, 0.2) is 49.0 Å². The first kappa shape index (κ1) is 13.4. The van der Waals surface area contributed by atoms with Gasteiger partial charge in [0.05, 0.1) is 0 Å². The summed E-state index contributed by atoms with van der Waals surface area (Å²) in [6.07, 6.45) is 4.32. The SMILES string of the molecule is C=C(C)c1ccc(/C=C/c2ccc(C)cc2C)cc1. The molecule has 0 heteroatoms. The molecule has 0 aliphatic heterocycles. The van der Waals surface area contributed by atoms with Crippen molar-refractivity contribution in [3.63, 3.8) is 0 Å². The zero-order chi connectivity index (χ0) is 13.8. The van der Waals surface area contributed by atoms with E-state index >= 15 is 0 Å². The fourth-order valence-corrected chi connectivity index (χ4v) is 2.08. The summed E-state index contributed by atoms with van der Waals surface area (Å²) < 4.78 is 0. The summed E-state index contributed by atoms with van der Waals surface area (Å²) in [5.41, 5.74) is 7.41. The Balaban J connectivity index is 2.20. The fraction of sp³-hybridized carbons (Fsp3) is 0.158. The number of hydrogen-bond donors (Lipinski definition) is 0. The lowest BCUT2D eigenvalue weighted by atomic mass is 10.0. The molecular formula is C19H20. The smallest absolute Gasteiger partial charge is 0.0227 e. The first-order valence-electron chi connectivity index (χ1n) is 6.57. The maximum Gasteiger partial charge on any atom is -0.0227 e. The van der Waals surface area contributed by atoms with E-state index in [4.69, 9.17) is 0 Å². The number of benzene rings is 2. The summed E-state index contributed by atoms with van der Waals surface area (Å²) in [7, 11) is 0. The lowest BCUT2D eigenvalue weighted by Crippen LogP contribution is -1.82. The van der Waals surface area contributed by atoms with E-state index in [1.54, 1.807) is 0 Å². The molecule has 0 atom stereocenters. The predicted octanol–water partition coefficient (Wildman–Crippen LogP) is 5.51. The normalized spacial score (nSPS) is 10.9. The van der Waals surface area contributed by atoms with Gasteiger partial charge in [-0.15, -0.1) is 0 Å². The minimum absolute atomic E-state index is 1.10. The maximum absolute atomic E-state index is 3.95. The Morgan fingerprint density at radius 2 is 1.63 bits per heavy atom. The molecule has 0 aromatic heterocycles. The molecule has 0 saturated heterocycles. The lowest BCUT2D eigenvalue weighted by Gasteiger charge is -2.02. The summed E-state index contributed by atoms with van der Waals surface area (Å²) >= 11 is 0. The van der Waals surface area contributed by atoms with Gasteiger partial charge in [0.2, 0.25) is 0 Å². The van der Waals surface area contributed by atoms with Gasteiger partial charge in [-0.3, -0.25) is 0 Å². The summed E-state index contributed by atoms with van der Waals surface area (Å²) in [6.45, 7) is 10.3. The third-order valence-electron chi connectivity index (χ3n) is 3.28. The van der Waals surface area contributed by atoms with Crippen LogP contribution in [0.25, 0.3) is 17.7 Å². The van der Waals surface area contributed by atoms with Crippen molar-refractivity contribution < 1.29 is 0 Å². The van der Waals surface area contributed by atoms with Crippen LogP contribution in [0.2, 0.25) is 0 Å². The predicted molar refractivity (Wildman–Crippen MR) is 86.0 cm³/mol. The zero-order valence-corrected chi connectivity index (χ0v) is 11.9. The van der Waals surface area contributed by atoms with E-state index in [0.29, 0.717) is 0 Å². The molecular weight excluding hydrogens is 228 g/mol. The summed E-state index contributed by atoms with van der Waals surface area (Å²) in [5, 5.41) is 0. The van der Waals surface area contributed by atoms with Crippen molar-refractivity contribution in [3.05, 3.63) is 76.9 Å². The van der Waals surface area contributed by atoms with Crippen molar-refractivity contribution in [3.8, 4) is 0 Å². The molecule has 0 spiro atoms. The Hall–Kier alpha value is -2.08. The quantitative estimate of drug-likeness (QED) is 0.628. The van der Waals surface area contributed by atoms with E-state index in [1.165, 1.54) is 27.8 Å². The van der Waals surface area contributed by atoms with Crippen molar-refractivity contribution >= 4 is 17.7 Å². The van der Waals surface area contributed by atoms with Crippen LogP contribution in [-0.4, -0.2) is 0 Å². The number of rotatable bonds is 3. The van der Waals surface area contributed by atoms with Gasteiger partial charge in [0.1, 0.15) is 0 Å². The molecule has 0 saturated carbocycles.